The first-order valence-corrected chi connectivity index (χ1v) is 8.53. The summed E-state index contributed by atoms with van der Waals surface area (Å²) in [6.45, 7) is 0.291. The third kappa shape index (κ3) is 2.81. The maximum absolute atomic E-state index is 12.4. The predicted octanol–water partition coefficient (Wildman–Crippen LogP) is 0.860. The SMILES string of the molecule is Cn1nnc(Br)c1S(=O)(=O)NC1COc2ccccc2C1. The second-order valence-electron chi connectivity index (χ2n) is 4.75. The first kappa shape index (κ1) is 14.5. The van der Waals surface area contributed by atoms with Crippen molar-refractivity contribution >= 4 is 26.0 Å². The number of fused-ring (bicyclic) bond motifs is 1. The lowest BCUT2D eigenvalue weighted by Crippen LogP contribution is -2.43. The van der Waals surface area contributed by atoms with E-state index in [1.54, 1.807) is 0 Å². The smallest absolute Gasteiger partial charge is 0.260 e. The number of nitrogens with zero attached hydrogens (tertiary/aromatic N) is 3. The standard InChI is InChI=1S/C12H13BrN4O3S/c1-17-12(11(13)14-16-17)21(18,19)15-9-6-8-4-2-3-5-10(8)20-7-9/h2-5,9,15H,6-7H2,1H3. The van der Waals surface area contributed by atoms with Crippen molar-refractivity contribution in [1.29, 1.82) is 0 Å². The number of aryl methyl sites for hydroxylation is 1. The zero-order valence-electron chi connectivity index (χ0n) is 11.2. The Kier molecular flexibility index (Phi) is 3.72. The van der Waals surface area contributed by atoms with Crippen LogP contribution in [0, 0.1) is 0 Å². The van der Waals surface area contributed by atoms with E-state index in [0.717, 1.165) is 11.3 Å². The van der Waals surface area contributed by atoms with Crippen LogP contribution in [0.2, 0.25) is 0 Å². The summed E-state index contributed by atoms with van der Waals surface area (Å²) in [5.74, 6) is 0.802. The van der Waals surface area contributed by atoms with Crippen molar-refractivity contribution in [2.24, 2.45) is 7.05 Å². The normalized spacial score (nSPS) is 18.1. The van der Waals surface area contributed by atoms with Crippen molar-refractivity contribution in [3.05, 3.63) is 34.4 Å². The molecule has 1 atom stereocenters. The molecule has 0 fully saturated rings. The van der Waals surface area contributed by atoms with Gasteiger partial charge in [0, 0.05) is 7.05 Å². The predicted molar refractivity (Wildman–Crippen MR) is 78.5 cm³/mol. The lowest BCUT2D eigenvalue weighted by molar-refractivity contribution is 0.253. The Morgan fingerprint density at radius 2 is 2.19 bits per heavy atom. The van der Waals surface area contributed by atoms with E-state index in [1.807, 2.05) is 24.3 Å². The summed E-state index contributed by atoms with van der Waals surface area (Å²) in [5.41, 5.74) is 0.985. The number of nitrogens with one attached hydrogen (secondary N) is 1. The zero-order valence-corrected chi connectivity index (χ0v) is 13.6. The molecule has 21 heavy (non-hydrogen) atoms. The van der Waals surface area contributed by atoms with E-state index in [0.29, 0.717) is 13.0 Å². The highest BCUT2D eigenvalue weighted by Gasteiger charge is 2.29. The molecule has 0 aliphatic carbocycles. The van der Waals surface area contributed by atoms with Crippen LogP contribution in [0.4, 0.5) is 0 Å². The number of rotatable bonds is 3. The Morgan fingerprint density at radius 3 is 2.90 bits per heavy atom. The molecule has 9 heteroatoms. The Labute approximate surface area is 130 Å². The molecule has 0 radical (unpaired) electrons. The molecule has 7 nitrogen and oxygen atoms in total. The molecular weight excluding hydrogens is 360 g/mol. The van der Waals surface area contributed by atoms with Gasteiger partial charge in [0.05, 0.1) is 6.04 Å². The fourth-order valence-electron chi connectivity index (χ4n) is 2.29. The first-order valence-electron chi connectivity index (χ1n) is 6.25. The first-order chi connectivity index (χ1) is 9.97. The van der Waals surface area contributed by atoms with E-state index in [9.17, 15) is 8.42 Å². The zero-order chi connectivity index (χ0) is 15.0. The largest absolute Gasteiger partial charge is 0.492 e. The van der Waals surface area contributed by atoms with Gasteiger partial charge in [0.15, 0.2) is 4.60 Å². The number of hydrogen-bond donors (Lipinski definition) is 1. The van der Waals surface area contributed by atoms with Gasteiger partial charge in [0.1, 0.15) is 12.4 Å². The molecule has 1 unspecified atom stereocenters. The maximum Gasteiger partial charge on any atom is 0.260 e. The van der Waals surface area contributed by atoms with Gasteiger partial charge in [-0.15, -0.1) is 5.10 Å². The van der Waals surface area contributed by atoms with Crippen LogP contribution in [-0.4, -0.2) is 36.1 Å². The van der Waals surface area contributed by atoms with Crippen LogP contribution < -0.4 is 9.46 Å². The van der Waals surface area contributed by atoms with E-state index in [4.69, 9.17) is 4.74 Å². The summed E-state index contributed by atoms with van der Waals surface area (Å²) in [7, 11) is -2.19. The van der Waals surface area contributed by atoms with Gasteiger partial charge in [-0.25, -0.2) is 17.8 Å². The molecule has 2 heterocycles. The molecule has 1 aliphatic heterocycles. The highest BCUT2D eigenvalue weighted by molar-refractivity contribution is 9.10. The summed E-state index contributed by atoms with van der Waals surface area (Å²) in [6, 6.07) is 7.27. The molecule has 0 bridgehead atoms. The van der Waals surface area contributed by atoms with Crippen LogP contribution in [0.5, 0.6) is 5.75 Å². The topological polar surface area (TPSA) is 86.1 Å². The van der Waals surface area contributed by atoms with Crippen molar-refractivity contribution in [1.82, 2.24) is 19.7 Å². The Balaban J connectivity index is 1.82. The molecule has 1 aromatic carbocycles. The number of ether oxygens (including phenoxy) is 1. The van der Waals surface area contributed by atoms with Gasteiger partial charge in [0.25, 0.3) is 10.0 Å². The summed E-state index contributed by atoms with van der Waals surface area (Å²) >= 11 is 3.10. The second kappa shape index (κ2) is 5.39. The Hall–Kier alpha value is -1.45. The van der Waals surface area contributed by atoms with E-state index >= 15 is 0 Å². The van der Waals surface area contributed by atoms with Gasteiger partial charge in [-0.3, -0.25) is 0 Å². The summed E-state index contributed by atoms with van der Waals surface area (Å²) in [5, 5.41) is 7.37. The van der Waals surface area contributed by atoms with Crippen molar-refractivity contribution in [3.63, 3.8) is 0 Å². The van der Waals surface area contributed by atoms with E-state index < -0.39 is 10.0 Å². The van der Waals surface area contributed by atoms with Gasteiger partial charge in [-0.1, -0.05) is 23.4 Å². The van der Waals surface area contributed by atoms with Gasteiger partial charge < -0.3 is 4.74 Å². The average molecular weight is 373 g/mol. The monoisotopic (exact) mass is 372 g/mol. The van der Waals surface area contributed by atoms with Gasteiger partial charge in [0.2, 0.25) is 5.03 Å². The molecule has 0 saturated heterocycles. The third-order valence-corrected chi connectivity index (χ3v) is 5.60. The fraction of sp³-hybridized carbons (Fsp3) is 0.333. The quantitative estimate of drug-likeness (QED) is 0.863. The van der Waals surface area contributed by atoms with Gasteiger partial charge >= 0.3 is 0 Å². The molecule has 3 rings (SSSR count). The maximum atomic E-state index is 12.4. The minimum absolute atomic E-state index is 0.00126. The van der Waals surface area contributed by atoms with Crippen LogP contribution in [0.25, 0.3) is 0 Å². The second-order valence-corrected chi connectivity index (χ2v) is 7.13. The number of para-hydroxylation sites is 1. The molecule has 0 saturated carbocycles. The van der Waals surface area contributed by atoms with E-state index in [2.05, 4.69) is 31.0 Å². The highest BCUT2D eigenvalue weighted by Crippen LogP contribution is 2.25. The molecule has 2 aromatic rings. The van der Waals surface area contributed by atoms with Crippen molar-refractivity contribution in [2.75, 3.05) is 6.61 Å². The van der Waals surface area contributed by atoms with Gasteiger partial charge in [-0.2, -0.15) is 0 Å². The van der Waals surface area contributed by atoms with Crippen molar-refractivity contribution in [2.45, 2.75) is 17.5 Å². The lowest BCUT2D eigenvalue weighted by atomic mass is 10.0. The highest BCUT2D eigenvalue weighted by atomic mass is 79.9. The van der Waals surface area contributed by atoms with Crippen LogP contribution in [0.15, 0.2) is 33.9 Å². The summed E-state index contributed by atoms with van der Waals surface area (Å²) < 4.78 is 34.5. The number of benzene rings is 1. The van der Waals surface area contributed by atoms with Crippen molar-refractivity contribution < 1.29 is 13.2 Å². The average Bonchev–Trinajstić information content (AvgIpc) is 2.78. The molecule has 1 aromatic heterocycles. The minimum atomic E-state index is -3.72. The molecule has 1 N–H and O–H groups in total. The fourth-order valence-corrected chi connectivity index (χ4v) is 4.60. The number of hydrogen-bond acceptors (Lipinski definition) is 5. The minimum Gasteiger partial charge on any atom is -0.492 e. The third-order valence-electron chi connectivity index (χ3n) is 3.19. The number of sulfonamides is 1. The van der Waals surface area contributed by atoms with Gasteiger partial charge in [-0.05, 0) is 34.0 Å². The summed E-state index contributed by atoms with van der Waals surface area (Å²) in [6.07, 6.45) is 0.582. The van der Waals surface area contributed by atoms with E-state index in [1.165, 1.54) is 11.7 Å². The Bertz CT molecular complexity index is 755. The number of aromatic nitrogens is 3. The van der Waals surface area contributed by atoms with Crippen LogP contribution in [-0.2, 0) is 23.5 Å². The molecule has 112 valence electrons. The Morgan fingerprint density at radius 1 is 1.43 bits per heavy atom. The van der Waals surface area contributed by atoms with Crippen LogP contribution in [0.3, 0.4) is 0 Å². The molecule has 1 aliphatic rings. The molecule has 0 amide bonds. The van der Waals surface area contributed by atoms with E-state index in [-0.39, 0.29) is 15.7 Å². The summed E-state index contributed by atoms with van der Waals surface area (Å²) in [4.78, 5) is 0. The van der Waals surface area contributed by atoms with Crippen LogP contribution >= 0.6 is 15.9 Å². The number of halogens is 1. The van der Waals surface area contributed by atoms with Crippen molar-refractivity contribution in [3.8, 4) is 5.75 Å². The van der Waals surface area contributed by atoms with Crippen LogP contribution in [0.1, 0.15) is 5.56 Å². The molecule has 0 spiro atoms. The molecular formula is C12H13BrN4O3S. The lowest BCUT2D eigenvalue weighted by Gasteiger charge is -2.25.